The summed E-state index contributed by atoms with van der Waals surface area (Å²) >= 11 is 0. The van der Waals surface area contributed by atoms with Gasteiger partial charge in [-0.05, 0) is 30.2 Å². The summed E-state index contributed by atoms with van der Waals surface area (Å²) in [4.78, 5) is 0. The Bertz CT molecular complexity index is 392. The highest BCUT2D eigenvalue weighted by Crippen LogP contribution is 2.20. The van der Waals surface area contributed by atoms with E-state index in [1.165, 1.54) is 32.1 Å². The number of aromatic nitrogens is 4. The molecule has 0 spiro atoms. The predicted octanol–water partition coefficient (Wildman–Crippen LogP) is 1.32. The van der Waals surface area contributed by atoms with Crippen LogP contribution in [0.5, 0.6) is 0 Å². The summed E-state index contributed by atoms with van der Waals surface area (Å²) < 4.78 is 12.8. The van der Waals surface area contributed by atoms with Crippen molar-refractivity contribution in [2.75, 3.05) is 26.9 Å². The molecular formula is C14H27N5O2. The van der Waals surface area contributed by atoms with Gasteiger partial charge in [-0.15, -0.1) is 5.10 Å². The molecular weight excluding hydrogens is 270 g/mol. The summed E-state index contributed by atoms with van der Waals surface area (Å²) in [6.07, 6.45) is 6.75. The monoisotopic (exact) mass is 297 g/mol. The number of hydrogen-bond donors (Lipinski definition) is 1. The fraction of sp³-hybridized carbons (Fsp3) is 0.929. The predicted molar refractivity (Wildman–Crippen MR) is 78.9 cm³/mol. The van der Waals surface area contributed by atoms with Crippen LogP contribution in [0.25, 0.3) is 0 Å². The van der Waals surface area contributed by atoms with Crippen molar-refractivity contribution in [1.29, 1.82) is 0 Å². The molecule has 1 unspecified atom stereocenters. The normalized spacial score (nSPS) is 18.0. The number of hydrogen-bond acceptors (Lipinski definition) is 6. The van der Waals surface area contributed by atoms with Gasteiger partial charge in [0.05, 0.1) is 31.9 Å². The molecule has 2 rings (SSSR count). The maximum absolute atomic E-state index is 5.93. The van der Waals surface area contributed by atoms with Crippen molar-refractivity contribution in [2.45, 2.75) is 57.7 Å². The highest BCUT2D eigenvalue weighted by molar-refractivity contribution is 4.89. The summed E-state index contributed by atoms with van der Waals surface area (Å²) in [5, 5.41) is 15.3. The smallest absolute Gasteiger partial charge is 0.168 e. The van der Waals surface area contributed by atoms with Crippen molar-refractivity contribution in [3.8, 4) is 0 Å². The van der Waals surface area contributed by atoms with Crippen LogP contribution in [0.4, 0.5) is 0 Å². The average Bonchev–Trinajstić information content (AvgIpc) is 2.97. The van der Waals surface area contributed by atoms with Crippen LogP contribution in [-0.4, -0.2) is 53.2 Å². The van der Waals surface area contributed by atoms with Crippen molar-refractivity contribution < 1.29 is 9.47 Å². The molecule has 1 atom stereocenters. The second-order valence-electron chi connectivity index (χ2n) is 5.56. The molecule has 0 saturated heterocycles. The number of methoxy groups -OCH3 is 1. The van der Waals surface area contributed by atoms with Crippen LogP contribution >= 0.6 is 0 Å². The molecule has 7 heteroatoms. The lowest BCUT2D eigenvalue weighted by molar-refractivity contribution is 0.0222. The lowest BCUT2D eigenvalue weighted by Crippen LogP contribution is -2.27. The van der Waals surface area contributed by atoms with Gasteiger partial charge in [0.2, 0.25) is 0 Å². The molecule has 0 amide bonds. The molecule has 0 radical (unpaired) electrons. The van der Waals surface area contributed by atoms with Crippen LogP contribution in [0.1, 0.15) is 50.9 Å². The summed E-state index contributed by atoms with van der Waals surface area (Å²) in [6, 6.07) is 0.102. The highest BCUT2D eigenvalue weighted by Gasteiger charge is 2.16. The van der Waals surface area contributed by atoms with E-state index in [1.807, 2.05) is 4.68 Å². The lowest BCUT2D eigenvalue weighted by atomic mass is 9.98. The largest absolute Gasteiger partial charge is 0.383 e. The standard InChI is InChI=1S/C14H27N5O2/c1-12(15-8-10-20-2)14-16-17-18-19(14)9-11-21-13-6-4-3-5-7-13/h12-13,15H,3-11H2,1-2H3. The summed E-state index contributed by atoms with van der Waals surface area (Å²) in [5.74, 6) is 0.846. The Hall–Kier alpha value is -1.05. The molecule has 1 aliphatic carbocycles. The highest BCUT2D eigenvalue weighted by atomic mass is 16.5. The maximum atomic E-state index is 5.93. The third-order valence-corrected chi connectivity index (χ3v) is 3.91. The van der Waals surface area contributed by atoms with E-state index < -0.39 is 0 Å². The Morgan fingerprint density at radius 2 is 2.10 bits per heavy atom. The first kappa shape index (κ1) is 16.3. The third-order valence-electron chi connectivity index (χ3n) is 3.91. The molecule has 0 aromatic carbocycles. The van der Waals surface area contributed by atoms with Crippen molar-refractivity contribution >= 4 is 0 Å². The lowest BCUT2D eigenvalue weighted by Gasteiger charge is -2.22. The molecule has 0 aliphatic heterocycles. The van der Waals surface area contributed by atoms with E-state index in [0.717, 1.165) is 12.4 Å². The van der Waals surface area contributed by atoms with E-state index in [4.69, 9.17) is 9.47 Å². The van der Waals surface area contributed by atoms with Gasteiger partial charge in [0.25, 0.3) is 0 Å². The first-order valence-electron chi connectivity index (χ1n) is 7.91. The minimum atomic E-state index is 0.102. The average molecular weight is 297 g/mol. The molecule has 7 nitrogen and oxygen atoms in total. The molecule has 1 fully saturated rings. The Balaban J connectivity index is 1.74. The van der Waals surface area contributed by atoms with E-state index >= 15 is 0 Å². The maximum Gasteiger partial charge on any atom is 0.168 e. The molecule has 1 aliphatic rings. The van der Waals surface area contributed by atoms with Gasteiger partial charge >= 0.3 is 0 Å². The van der Waals surface area contributed by atoms with Gasteiger partial charge in [0.15, 0.2) is 5.82 Å². The topological polar surface area (TPSA) is 74.1 Å². The van der Waals surface area contributed by atoms with Crippen LogP contribution in [0.15, 0.2) is 0 Å². The van der Waals surface area contributed by atoms with Gasteiger partial charge in [-0.2, -0.15) is 0 Å². The van der Waals surface area contributed by atoms with E-state index in [2.05, 4.69) is 27.8 Å². The number of ether oxygens (including phenoxy) is 2. The molecule has 1 heterocycles. The molecule has 0 bridgehead atoms. The van der Waals surface area contributed by atoms with E-state index in [9.17, 15) is 0 Å². The minimum Gasteiger partial charge on any atom is -0.383 e. The van der Waals surface area contributed by atoms with Crippen LogP contribution in [0.2, 0.25) is 0 Å². The molecule has 1 aromatic heterocycles. The Labute approximate surface area is 126 Å². The first-order chi connectivity index (χ1) is 10.3. The molecule has 1 saturated carbocycles. The van der Waals surface area contributed by atoms with Gasteiger partial charge in [0, 0.05) is 13.7 Å². The van der Waals surface area contributed by atoms with Crippen molar-refractivity contribution in [3.05, 3.63) is 5.82 Å². The van der Waals surface area contributed by atoms with Gasteiger partial charge in [0.1, 0.15) is 0 Å². The number of nitrogens with zero attached hydrogens (tertiary/aromatic N) is 4. The van der Waals surface area contributed by atoms with Crippen molar-refractivity contribution in [3.63, 3.8) is 0 Å². The van der Waals surface area contributed by atoms with E-state index in [-0.39, 0.29) is 6.04 Å². The summed E-state index contributed by atoms with van der Waals surface area (Å²) in [6.45, 7) is 4.89. The van der Waals surface area contributed by atoms with Crippen LogP contribution < -0.4 is 5.32 Å². The third kappa shape index (κ3) is 5.33. The van der Waals surface area contributed by atoms with Crippen molar-refractivity contribution in [1.82, 2.24) is 25.5 Å². The van der Waals surface area contributed by atoms with E-state index in [1.54, 1.807) is 7.11 Å². The molecule has 21 heavy (non-hydrogen) atoms. The van der Waals surface area contributed by atoms with Gasteiger partial charge in [-0.3, -0.25) is 0 Å². The number of nitrogens with one attached hydrogen (secondary N) is 1. The summed E-state index contributed by atoms with van der Waals surface area (Å²) in [5.41, 5.74) is 0. The quantitative estimate of drug-likeness (QED) is 0.693. The Morgan fingerprint density at radius 3 is 2.86 bits per heavy atom. The number of tetrazole rings is 1. The zero-order valence-corrected chi connectivity index (χ0v) is 13.1. The summed E-state index contributed by atoms with van der Waals surface area (Å²) in [7, 11) is 1.69. The second-order valence-corrected chi connectivity index (χ2v) is 5.56. The van der Waals surface area contributed by atoms with Crippen LogP contribution in [0.3, 0.4) is 0 Å². The fourth-order valence-electron chi connectivity index (χ4n) is 2.69. The first-order valence-corrected chi connectivity index (χ1v) is 7.91. The molecule has 1 N–H and O–H groups in total. The zero-order valence-electron chi connectivity index (χ0n) is 13.1. The Kier molecular flexibility index (Phi) is 7.05. The SMILES string of the molecule is COCCNC(C)c1nnnn1CCOC1CCCCC1. The second kappa shape index (κ2) is 9.07. The van der Waals surface area contributed by atoms with Crippen LogP contribution in [-0.2, 0) is 16.0 Å². The zero-order chi connectivity index (χ0) is 14.9. The van der Waals surface area contributed by atoms with Gasteiger partial charge in [-0.25, -0.2) is 4.68 Å². The van der Waals surface area contributed by atoms with E-state index in [0.29, 0.717) is 25.9 Å². The molecule has 1 aromatic rings. The molecule has 120 valence electrons. The minimum absolute atomic E-state index is 0.102. The van der Waals surface area contributed by atoms with Crippen molar-refractivity contribution in [2.24, 2.45) is 0 Å². The Morgan fingerprint density at radius 1 is 1.29 bits per heavy atom. The van der Waals surface area contributed by atoms with Crippen LogP contribution in [0, 0.1) is 0 Å². The fourth-order valence-corrected chi connectivity index (χ4v) is 2.69. The van der Waals surface area contributed by atoms with Gasteiger partial charge < -0.3 is 14.8 Å². The number of rotatable bonds is 9. The van der Waals surface area contributed by atoms with Gasteiger partial charge in [-0.1, -0.05) is 19.3 Å².